The third-order valence-corrected chi connectivity index (χ3v) is 7.43. The van der Waals surface area contributed by atoms with Crippen LogP contribution in [0.1, 0.15) is 43.2 Å². The lowest BCUT2D eigenvalue weighted by Crippen LogP contribution is -2.53. The van der Waals surface area contributed by atoms with Gasteiger partial charge < -0.3 is 24.4 Å². The monoisotopic (exact) mass is 564 g/mol. The van der Waals surface area contributed by atoms with Crippen LogP contribution in [0.2, 0.25) is 5.02 Å². The van der Waals surface area contributed by atoms with Crippen LogP contribution in [0.15, 0.2) is 72.8 Å². The largest absolute Gasteiger partial charge is 0.496 e. The first-order chi connectivity index (χ1) is 19.4. The number of nitrogens with one attached hydrogen (secondary N) is 1. The number of hydrogen-bond donors (Lipinski definition) is 1. The Morgan fingerprint density at radius 1 is 0.875 bits per heavy atom. The van der Waals surface area contributed by atoms with E-state index in [0.29, 0.717) is 28.7 Å². The van der Waals surface area contributed by atoms with Crippen molar-refractivity contribution in [2.24, 2.45) is 0 Å². The number of methoxy groups -OCH3 is 2. The lowest BCUT2D eigenvalue weighted by molar-refractivity contribution is -0.143. The van der Waals surface area contributed by atoms with Gasteiger partial charge in [0.15, 0.2) is 6.61 Å². The molecule has 1 unspecified atom stereocenters. The number of nitrogens with zero attached hydrogens (tertiary/aromatic N) is 1. The van der Waals surface area contributed by atoms with E-state index in [0.717, 1.165) is 36.8 Å². The van der Waals surface area contributed by atoms with Crippen molar-refractivity contribution in [1.82, 2.24) is 10.2 Å². The van der Waals surface area contributed by atoms with E-state index in [1.54, 1.807) is 49.5 Å². The zero-order valence-corrected chi connectivity index (χ0v) is 23.9. The van der Waals surface area contributed by atoms with Gasteiger partial charge in [0.2, 0.25) is 5.91 Å². The van der Waals surface area contributed by atoms with Crippen molar-refractivity contribution in [3.8, 4) is 17.2 Å². The van der Waals surface area contributed by atoms with Gasteiger partial charge in [-0.1, -0.05) is 73.3 Å². The average molecular weight is 565 g/mol. The Bertz CT molecular complexity index is 1220. The van der Waals surface area contributed by atoms with Crippen molar-refractivity contribution in [3.63, 3.8) is 0 Å². The van der Waals surface area contributed by atoms with Gasteiger partial charge in [0.05, 0.1) is 14.2 Å². The van der Waals surface area contributed by atoms with Crippen molar-refractivity contribution in [2.75, 3.05) is 20.8 Å². The molecule has 1 fully saturated rings. The van der Waals surface area contributed by atoms with Crippen LogP contribution in [-0.2, 0) is 22.6 Å². The predicted molar refractivity (Wildman–Crippen MR) is 156 cm³/mol. The second kappa shape index (κ2) is 14.6. The second-order valence-corrected chi connectivity index (χ2v) is 10.5. The number of amides is 2. The summed E-state index contributed by atoms with van der Waals surface area (Å²) in [7, 11) is 3.10. The first kappa shape index (κ1) is 29.3. The van der Waals surface area contributed by atoms with Gasteiger partial charge in [-0.3, -0.25) is 9.59 Å². The zero-order chi connectivity index (χ0) is 28.3. The summed E-state index contributed by atoms with van der Waals surface area (Å²) >= 11 is 6.12. The number of carbonyl (C=O) groups is 2. The highest BCUT2D eigenvalue weighted by Crippen LogP contribution is 2.28. The van der Waals surface area contributed by atoms with Crippen LogP contribution >= 0.6 is 11.6 Å². The smallest absolute Gasteiger partial charge is 0.261 e. The average Bonchev–Trinajstić information content (AvgIpc) is 2.99. The minimum absolute atomic E-state index is 0.118. The molecule has 1 N–H and O–H groups in total. The highest BCUT2D eigenvalue weighted by Gasteiger charge is 2.32. The maximum absolute atomic E-state index is 13.9. The summed E-state index contributed by atoms with van der Waals surface area (Å²) in [5.41, 5.74) is 1.84. The highest BCUT2D eigenvalue weighted by atomic mass is 35.5. The Balaban J connectivity index is 1.61. The molecule has 1 aliphatic carbocycles. The molecular formula is C32H37ClN2O5. The van der Waals surface area contributed by atoms with Gasteiger partial charge in [-0.05, 0) is 36.1 Å². The first-order valence-corrected chi connectivity index (χ1v) is 14.1. The molecule has 212 valence electrons. The number of carbonyl (C=O) groups excluding carboxylic acids is 2. The third kappa shape index (κ3) is 8.39. The molecule has 7 nitrogen and oxygen atoms in total. The summed E-state index contributed by atoms with van der Waals surface area (Å²) in [6.45, 7) is -0.0255. The highest BCUT2D eigenvalue weighted by molar-refractivity contribution is 6.30. The van der Waals surface area contributed by atoms with Crippen molar-refractivity contribution in [3.05, 3.63) is 88.9 Å². The molecule has 0 bridgehead atoms. The predicted octanol–water partition coefficient (Wildman–Crippen LogP) is 5.83. The molecule has 2 amide bonds. The van der Waals surface area contributed by atoms with Gasteiger partial charge in [-0.25, -0.2) is 0 Å². The maximum Gasteiger partial charge on any atom is 0.261 e. The van der Waals surface area contributed by atoms with Crippen molar-refractivity contribution in [2.45, 2.75) is 57.2 Å². The minimum atomic E-state index is -0.726. The summed E-state index contributed by atoms with van der Waals surface area (Å²) < 4.78 is 16.6. The molecule has 0 aromatic heterocycles. The van der Waals surface area contributed by atoms with Crippen LogP contribution in [0.5, 0.6) is 17.2 Å². The van der Waals surface area contributed by atoms with Crippen LogP contribution in [0, 0.1) is 0 Å². The number of ether oxygens (including phenoxy) is 3. The van der Waals surface area contributed by atoms with E-state index in [2.05, 4.69) is 5.32 Å². The van der Waals surface area contributed by atoms with E-state index >= 15 is 0 Å². The normalized spacial score (nSPS) is 14.2. The van der Waals surface area contributed by atoms with E-state index in [9.17, 15) is 9.59 Å². The van der Waals surface area contributed by atoms with Crippen LogP contribution in [0.3, 0.4) is 0 Å². The molecule has 4 rings (SSSR count). The summed E-state index contributed by atoms with van der Waals surface area (Å²) in [5, 5.41) is 3.85. The summed E-state index contributed by atoms with van der Waals surface area (Å²) in [6, 6.07) is 21.6. The molecular weight excluding hydrogens is 528 g/mol. The summed E-state index contributed by atoms with van der Waals surface area (Å²) in [5.74, 6) is 1.07. The number of hydrogen-bond acceptors (Lipinski definition) is 5. The Hall–Kier alpha value is -3.71. The third-order valence-electron chi connectivity index (χ3n) is 7.18. The topological polar surface area (TPSA) is 77.1 Å². The number of halogens is 1. The molecule has 8 heteroatoms. The van der Waals surface area contributed by atoms with Gasteiger partial charge in [-0.15, -0.1) is 0 Å². The lowest BCUT2D eigenvalue weighted by atomic mass is 9.94. The maximum atomic E-state index is 13.9. The Morgan fingerprint density at radius 3 is 2.12 bits per heavy atom. The molecule has 3 aromatic rings. The van der Waals surface area contributed by atoms with E-state index in [-0.39, 0.29) is 31.0 Å². The molecule has 0 saturated heterocycles. The molecule has 1 atom stereocenters. The molecule has 1 aliphatic rings. The lowest BCUT2D eigenvalue weighted by Gasteiger charge is -2.33. The molecule has 0 radical (unpaired) electrons. The first-order valence-electron chi connectivity index (χ1n) is 13.7. The van der Waals surface area contributed by atoms with E-state index in [4.69, 9.17) is 25.8 Å². The SMILES string of the molecule is COc1cc(OC)cc(OCC(=O)N(Cc2ccc(Cl)cc2)C(Cc2ccccc2)C(=O)NC2CCCCC2)c1. The Labute approximate surface area is 241 Å². The molecule has 40 heavy (non-hydrogen) atoms. The van der Waals surface area contributed by atoms with Gasteiger partial charge >= 0.3 is 0 Å². The molecule has 3 aromatic carbocycles. The van der Waals surface area contributed by atoms with Crippen LogP contribution in [0.25, 0.3) is 0 Å². The van der Waals surface area contributed by atoms with Crippen molar-refractivity contribution >= 4 is 23.4 Å². The minimum Gasteiger partial charge on any atom is -0.496 e. The molecule has 0 aliphatic heterocycles. The molecule has 0 heterocycles. The van der Waals surface area contributed by atoms with E-state index in [1.165, 1.54) is 6.42 Å². The van der Waals surface area contributed by atoms with Gasteiger partial charge in [0, 0.05) is 42.2 Å². The van der Waals surface area contributed by atoms with Crippen LogP contribution in [0.4, 0.5) is 0 Å². The Morgan fingerprint density at radius 2 is 1.50 bits per heavy atom. The van der Waals surface area contributed by atoms with Gasteiger partial charge in [-0.2, -0.15) is 0 Å². The van der Waals surface area contributed by atoms with Crippen molar-refractivity contribution in [1.29, 1.82) is 0 Å². The van der Waals surface area contributed by atoms with Crippen LogP contribution < -0.4 is 19.5 Å². The van der Waals surface area contributed by atoms with Crippen molar-refractivity contribution < 1.29 is 23.8 Å². The zero-order valence-electron chi connectivity index (χ0n) is 23.1. The molecule has 1 saturated carbocycles. The number of benzene rings is 3. The van der Waals surface area contributed by atoms with Gasteiger partial charge in [0.25, 0.3) is 5.91 Å². The summed E-state index contributed by atoms with van der Waals surface area (Å²) in [4.78, 5) is 29.3. The summed E-state index contributed by atoms with van der Waals surface area (Å²) in [6.07, 6.45) is 5.67. The second-order valence-electron chi connectivity index (χ2n) is 10.0. The van der Waals surface area contributed by atoms with Gasteiger partial charge in [0.1, 0.15) is 23.3 Å². The molecule has 0 spiro atoms. The van der Waals surface area contributed by atoms with E-state index < -0.39 is 6.04 Å². The fourth-order valence-electron chi connectivity index (χ4n) is 4.98. The fourth-order valence-corrected chi connectivity index (χ4v) is 5.10. The quantitative estimate of drug-likeness (QED) is 0.300. The van der Waals surface area contributed by atoms with E-state index in [1.807, 2.05) is 42.5 Å². The standard InChI is InChI=1S/C32H37ClN2O5/c1-38-27-18-28(39-2)20-29(19-27)40-22-31(36)35(21-24-13-15-25(33)16-14-24)30(17-23-9-5-3-6-10-23)32(37)34-26-11-7-4-8-12-26/h3,5-6,9-10,13-16,18-20,26,30H,4,7-8,11-12,17,21-22H2,1-2H3,(H,34,37). The van der Waals surface area contributed by atoms with Crippen LogP contribution in [-0.4, -0.2) is 49.6 Å². The Kier molecular flexibility index (Phi) is 10.7. The number of rotatable bonds is 12. The fraction of sp³-hybridized carbons (Fsp3) is 0.375.